The van der Waals surface area contributed by atoms with Crippen molar-refractivity contribution in [3.63, 3.8) is 0 Å². The third-order valence-corrected chi connectivity index (χ3v) is 2.92. The van der Waals surface area contributed by atoms with Crippen molar-refractivity contribution in [2.45, 2.75) is 59.5 Å². The highest BCUT2D eigenvalue weighted by atomic mass is 16.5. The Morgan fingerprint density at radius 1 is 1.10 bits per heavy atom. The quantitative estimate of drug-likeness (QED) is 0.669. The summed E-state index contributed by atoms with van der Waals surface area (Å²) in [5, 5.41) is 3.20. The van der Waals surface area contributed by atoms with Gasteiger partial charge in [-0.05, 0) is 26.7 Å². The van der Waals surface area contributed by atoms with Crippen LogP contribution in [0.4, 0.5) is 11.9 Å². The molecule has 0 aromatic carbocycles. The van der Waals surface area contributed by atoms with E-state index in [0.29, 0.717) is 17.9 Å². The second kappa shape index (κ2) is 9.37. The van der Waals surface area contributed by atoms with Gasteiger partial charge in [0.25, 0.3) is 0 Å². The molecule has 1 aromatic heterocycles. The van der Waals surface area contributed by atoms with Gasteiger partial charge in [0, 0.05) is 20.1 Å². The highest BCUT2D eigenvalue weighted by Gasteiger charge is 2.12. The van der Waals surface area contributed by atoms with Crippen LogP contribution in [-0.4, -0.2) is 41.2 Å². The summed E-state index contributed by atoms with van der Waals surface area (Å²) in [6.45, 7) is 10.0. The predicted molar refractivity (Wildman–Crippen MR) is 87.2 cm³/mol. The first-order valence-electron chi connectivity index (χ1n) is 7.94. The van der Waals surface area contributed by atoms with Gasteiger partial charge in [-0.15, -0.1) is 0 Å². The molecular formula is C15H29N5O. The summed E-state index contributed by atoms with van der Waals surface area (Å²) in [6, 6.07) is 0.385. The topological polar surface area (TPSA) is 63.2 Å². The van der Waals surface area contributed by atoms with E-state index >= 15 is 0 Å². The molecule has 0 saturated carbocycles. The fraction of sp³-hybridized carbons (Fsp3) is 0.800. The second-order valence-electron chi connectivity index (χ2n) is 5.46. The van der Waals surface area contributed by atoms with E-state index in [4.69, 9.17) is 4.74 Å². The van der Waals surface area contributed by atoms with E-state index in [9.17, 15) is 0 Å². The molecule has 1 aromatic rings. The molecule has 1 rings (SSSR count). The van der Waals surface area contributed by atoms with E-state index in [1.807, 2.05) is 20.9 Å². The van der Waals surface area contributed by atoms with Crippen molar-refractivity contribution in [2.24, 2.45) is 0 Å². The number of rotatable bonds is 10. The van der Waals surface area contributed by atoms with Gasteiger partial charge in [0.2, 0.25) is 11.9 Å². The van der Waals surface area contributed by atoms with Crippen LogP contribution in [0.1, 0.15) is 53.4 Å². The van der Waals surface area contributed by atoms with Crippen molar-refractivity contribution in [3.8, 4) is 6.01 Å². The fourth-order valence-corrected chi connectivity index (χ4v) is 1.79. The molecule has 0 aliphatic carbocycles. The van der Waals surface area contributed by atoms with Crippen LogP contribution in [0, 0.1) is 0 Å². The standard InChI is InChI=1S/C15H29N5O/c1-6-8-9-11-20(5)14-17-13(16-10-7-2)18-15(19-14)21-12(3)4/h12H,6-11H2,1-5H3,(H,16,17,18,19). The monoisotopic (exact) mass is 295 g/mol. The van der Waals surface area contributed by atoms with E-state index in [1.54, 1.807) is 0 Å². The smallest absolute Gasteiger partial charge is 0.323 e. The number of hydrogen-bond acceptors (Lipinski definition) is 6. The molecule has 120 valence electrons. The van der Waals surface area contributed by atoms with Crippen LogP contribution in [-0.2, 0) is 0 Å². The van der Waals surface area contributed by atoms with Crippen LogP contribution in [0.3, 0.4) is 0 Å². The maximum Gasteiger partial charge on any atom is 0.323 e. The molecule has 0 atom stereocenters. The maximum absolute atomic E-state index is 5.62. The lowest BCUT2D eigenvalue weighted by molar-refractivity contribution is 0.222. The Labute approximate surface area is 128 Å². The highest BCUT2D eigenvalue weighted by Crippen LogP contribution is 2.15. The van der Waals surface area contributed by atoms with E-state index in [1.165, 1.54) is 12.8 Å². The molecule has 6 nitrogen and oxygen atoms in total. The van der Waals surface area contributed by atoms with Crippen molar-refractivity contribution in [1.82, 2.24) is 15.0 Å². The molecule has 1 heterocycles. The third kappa shape index (κ3) is 6.60. The summed E-state index contributed by atoms with van der Waals surface area (Å²) in [4.78, 5) is 15.2. The lowest BCUT2D eigenvalue weighted by atomic mass is 10.2. The van der Waals surface area contributed by atoms with Gasteiger partial charge in [-0.2, -0.15) is 15.0 Å². The van der Waals surface area contributed by atoms with Gasteiger partial charge in [-0.25, -0.2) is 0 Å². The molecule has 0 fully saturated rings. The molecule has 0 amide bonds. The van der Waals surface area contributed by atoms with E-state index in [0.717, 1.165) is 25.9 Å². The van der Waals surface area contributed by atoms with E-state index in [-0.39, 0.29) is 6.10 Å². The highest BCUT2D eigenvalue weighted by molar-refractivity contribution is 5.37. The molecule has 0 bridgehead atoms. The minimum Gasteiger partial charge on any atom is -0.461 e. The van der Waals surface area contributed by atoms with Crippen molar-refractivity contribution in [3.05, 3.63) is 0 Å². The Morgan fingerprint density at radius 3 is 2.48 bits per heavy atom. The molecule has 1 N–H and O–H groups in total. The average Bonchev–Trinajstić information content (AvgIpc) is 2.44. The molecule has 0 radical (unpaired) electrons. The second-order valence-corrected chi connectivity index (χ2v) is 5.46. The SMILES string of the molecule is CCCCCN(C)c1nc(NCCC)nc(OC(C)C)n1. The Bertz CT molecular complexity index is 411. The van der Waals surface area contributed by atoms with E-state index in [2.05, 4.69) is 39.0 Å². The zero-order valence-electron chi connectivity index (χ0n) is 14.0. The van der Waals surface area contributed by atoms with Crippen LogP contribution in [0.15, 0.2) is 0 Å². The number of nitrogens with one attached hydrogen (secondary N) is 1. The molecular weight excluding hydrogens is 266 g/mol. The zero-order valence-corrected chi connectivity index (χ0v) is 14.0. The summed E-state index contributed by atoms with van der Waals surface area (Å²) < 4.78 is 5.62. The molecule has 6 heteroatoms. The molecule has 0 aliphatic heterocycles. The van der Waals surface area contributed by atoms with Crippen LogP contribution in [0.2, 0.25) is 0 Å². The first-order chi connectivity index (χ1) is 10.1. The van der Waals surface area contributed by atoms with Gasteiger partial charge >= 0.3 is 6.01 Å². The largest absolute Gasteiger partial charge is 0.461 e. The number of hydrogen-bond donors (Lipinski definition) is 1. The minimum absolute atomic E-state index is 0.0460. The number of ether oxygens (including phenoxy) is 1. The summed E-state index contributed by atoms with van der Waals surface area (Å²) in [6.07, 6.45) is 4.62. The lowest BCUT2D eigenvalue weighted by Crippen LogP contribution is -2.23. The Balaban J connectivity index is 2.83. The van der Waals surface area contributed by atoms with Crippen molar-refractivity contribution < 1.29 is 4.74 Å². The minimum atomic E-state index is 0.0460. The summed E-state index contributed by atoms with van der Waals surface area (Å²) in [5.74, 6) is 1.25. The average molecular weight is 295 g/mol. The van der Waals surface area contributed by atoms with Gasteiger partial charge in [0.15, 0.2) is 0 Å². The summed E-state index contributed by atoms with van der Waals surface area (Å²) >= 11 is 0. The van der Waals surface area contributed by atoms with Gasteiger partial charge in [-0.3, -0.25) is 0 Å². The molecule has 0 spiro atoms. The summed E-state index contributed by atoms with van der Waals surface area (Å²) in [7, 11) is 2.01. The molecule has 21 heavy (non-hydrogen) atoms. The Kier molecular flexibility index (Phi) is 7.79. The van der Waals surface area contributed by atoms with Gasteiger partial charge in [-0.1, -0.05) is 26.7 Å². The molecule has 0 aliphatic rings. The predicted octanol–water partition coefficient (Wildman–Crippen LogP) is 3.11. The molecule has 0 saturated heterocycles. The first kappa shape index (κ1) is 17.5. The van der Waals surface area contributed by atoms with Crippen LogP contribution >= 0.6 is 0 Å². The Hall–Kier alpha value is -1.59. The normalized spacial score (nSPS) is 10.8. The van der Waals surface area contributed by atoms with Crippen molar-refractivity contribution in [1.29, 1.82) is 0 Å². The molecule has 0 unspecified atom stereocenters. The number of aromatic nitrogens is 3. The Morgan fingerprint density at radius 2 is 1.86 bits per heavy atom. The van der Waals surface area contributed by atoms with Gasteiger partial charge in [0.1, 0.15) is 0 Å². The zero-order chi connectivity index (χ0) is 15.7. The van der Waals surface area contributed by atoms with Gasteiger partial charge < -0.3 is 15.0 Å². The third-order valence-electron chi connectivity index (χ3n) is 2.92. The van der Waals surface area contributed by atoms with Gasteiger partial charge in [0.05, 0.1) is 6.10 Å². The van der Waals surface area contributed by atoms with Crippen molar-refractivity contribution >= 4 is 11.9 Å². The summed E-state index contributed by atoms with van der Waals surface area (Å²) in [5.41, 5.74) is 0. The fourth-order valence-electron chi connectivity index (χ4n) is 1.79. The maximum atomic E-state index is 5.62. The van der Waals surface area contributed by atoms with Crippen LogP contribution < -0.4 is 15.0 Å². The van der Waals surface area contributed by atoms with Crippen LogP contribution in [0.5, 0.6) is 6.01 Å². The lowest BCUT2D eigenvalue weighted by Gasteiger charge is -2.18. The van der Waals surface area contributed by atoms with Crippen molar-refractivity contribution in [2.75, 3.05) is 30.4 Å². The first-order valence-corrected chi connectivity index (χ1v) is 7.94. The number of unbranched alkanes of at least 4 members (excludes halogenated alkanes) is 2. The van der Waals surface area contributed by atoms with Crippen LogP contribution in [0.25, 0.3) is 0 Å². The van der Waals surface area contributed by atoms with E-state index < -0.39 is 0 Å². The number of anilines is 2. The number of nitrogens with zero attached hydrogens (tertiary/aromatic N) is 4.